The summed E-state index contributed by atoms with van der Waals surface area (Å²) in [7, 11) is -0.392. The maximum atomic E-state index is 12.8. The van der Waals surface area contributed by atoms with Crippen molar-refractivity contribution in [3.05, 3.63) is 30.4 Å². The van der Waals surface area contributed by atoms with Crippen LogP contribution in [0.25, 0.3) is 0 Å². The summed E-state index contributed by atoms with van der Waals surface area (Å²) in [5.74, 6) is 0.944. The van der Waals surface area contributed by atoms with Gasteiger partial charge < -0.3 is 9.47 Å². The van der Waals surface area contributed by atoms with Gasteiger partial charge in [0.25, 0.3) is 0 Å². The highest BCUT2D eigenvalue weighted by Crippen LogP contribution is 2.31. The highest BCUT2D eigenvalue weighted by atomic mass is 32.2. The first-order chi connectivity index (χ1) is 11.1. The Morgan fingerprint density at radius 3 is 2.61 bits per heavy atom. The number of hydrogen-bond acceptors (Lipinski definition) is 4. The molecule has 0 radical (unpaired) electrons. The van der Waals surface area contributed by atoms with E-state index in [0.717, 1.165) is 32.1 Å². The summed E-state index contributed by atoms with van der Waals surface area (Å²) in [6.07, 6.45) is 8.94. The third-order valence-electron chi connectivity index (χ3n) is 3.87. The molecule has 0 bridgehead atoms. The fourth-order valence-electron chi connectivity index (χ4n) is 2.45. The van der Waals surface area contributed by atoms with E-state index in [1.807, 2.05) is 0 Å². The minimum Gasteiger partial charge on any atom is -0.497 e. The Balaban J connectivity index is 2.33. The van der Waals surface area contributed by atoms with E-state index >= 15 is 0 Å². The number of allylic oxidation sites excluding steroid dienone is 2. The predicted molar refractivity (Wildman–Crippen MR) is 90.5 cm³/mol. The minimum absolute atomic E-state index is 0.202. The molecule has 1 aliphatic rings. The molecule has 1 heterocycles. The van der Waals surface area contributed by atoms with Gasteiger partial charge in [-0.3, -0.25) is 0 Å². The zero-order valence-electron chi connectivity index (χ0n) is 13.8. The van der Waals surface area contributed by atoms with Crippen molar-refractivity contribution in [1.29, 1.82) is 0 Å². The maximum absolute atomic E-state index is 12.8. The standard InChI is InChI=1S/C17H25NO4S/c1-18-12-8-6-4-3-5-7-9-13-22-16-14-15(21-2)10-11-17(16)23(18,19)20/h3,5,10-11,14H,4,6-9,12-13H2,1-2H3/b5-3+. The van der Waals surface area contributed by atoms with Gasteiger partial charge in [-0.2, -0.15) is 0 Å². The molecule has 1 aromatic carbocycles. The molecule has 0 fully saturated rings. The van der Waals surface area contributed by atoms with Crippen LogP contribution < -0.4 is 9.47 Å². The largest absolute Gasteiger partial charge is 0.497 e. The van der Waals surface area contributed by atoms with Gasteiger partial charge in [-0.1, -0.05) is 12.2 Å². The first kappa shape index (κ1) is 17.8. The lowest BCUT2D eigenvalue weighted by Gasteiger charge is -2.20. The van der Waals surface area contributed by atoms with E-state index in [-0.39, 0.29) is 4.90 Å². The van der Waals surface area contributed by atoms with Gasteiger partial charge >= 0.3 is 0 Å². The molecule has 0 aliphatic carbocycles. The highest BCUT2D eigenvalue weighted by molar-refractivity contribution is 7.89. The van der Waals surface area contributed by atoms with E-state index in [4.69, 9.17) is 9.47 Å². The Labute approximate surface area is 138 Å². The normalized spacial score (nSPS) is 21.5. The van der Waals surface area contributed by atoms with Crippen molar-refractivity contribution in [3.8, 4) is 11.5 Å². The summed E-state index contributed by atoms with van der Waals surface area (Å²) in [5, 5.41) is 0. The number of sulfonamides is 1. The van der Waals surface area contributed by atoms with Crippen LogP contribution in [0.2, 0.25) is 0 Å². The van der Waals surface area contributed by atoms with Crippen LogP contribution in [0.3, 0.4) is 0 Å². The number of ether oxygens (including phenoxy) is 2. The molecule has 6 heteroatoms. The fraction of sp³-hybridized carbons (Fsp3) is 0.529. The molecule has 0 spiro atoms. The molecule has 1 aliphatic heterocycles. The molecule has 0 saturated carbocycles. The second kappa shape index (κ2) is 8.36. The topological polar surface area (TPSA) is 55.8 Å². The first-order valence-electron chi connectivity index (χ1n) is 7.98. The Morgan fingerprint density at radius 1 is 1.13 bits per heavy atom. The predicted octanol–water partition coefficient (Wildman–Crippen LogP) is 3.21. The number of fused-ring (bicyclic) bond motifs is 1. The molecular weight excluding hydrogens is 314 g/mol. The van der Waals surface area contributed by atoms with Crippen LogP contribution in [-0.2, 0) is 10.0 Å². The van der Waals surface area contributed by atoms with Gasteiger partial charge in [0.15, 0.2) is 0 Å². The van der Waals surface area contributed by atoms with Gasteiger partial charge in [0.1, 0.15) is 16.4 Å². The molecule has 128 valence electrons. The second-order valence-corrected chi connectivity index (χ2v) is 7.61. The molecule has 2 rings (SSSR count). The second-order valence-electron chi connectivity index (χ2n) is 5.60. The highest BCUT2D eigenvalue weighted by Gasteiger charge is 2.25. The van der Waals surface area contributed by atoms with Gasteiger partial charge in [0, 0.05) is 19.7 Å². The van der Waals surface area contributed by atoms with Crippen molar-refractivity contribution in [3.63, 3.8) is 0 Å². The fourth-order valence-corrected chi connectivity index (χ4v) is 3.76. The maximum Gasteiger partial charge on any atom is 0.246 e. The summed E-state index contributed by atoms with van der Waals surface area (Å²) in [5.41, 5.74) is 0. The van der Waals surface area contributed by atoms with Crippen molar-refractivity contribution in [2.24, 2.45) is 0 Å². The van der Waals surface area contributed by atoms with Gasteiger partial charge in [-0.05, 0) is 44.2 Å². The Morgan fingerprint density at radius 2 is 1.87 bits per heavy atom. The van der Waals surface area contributed by atoms with E-state index in [2.05, 4.69) is 12.2 Å². The zero-order valence-corrected chi connectivity index (χ0v) is 14.6. The van der Waals surface area contributed by atoms with Crippen molar-refractivity contribution in [2.75, 3.05) is 27.3 Å². The number of nitrogens with zero attached hydrogens (tertiary/aromatic N) is 1. The van der Waals surface area contributed by atoms with E-state index in [1.165, 1.54) is 4.31 Å². The summed E-state index contributed by atoms with van der Waals surface area (Å²) < 4.78 is 37.9. The monoisotopic (exact) mass is 339 g/mol. The van der Waals surface area contributed by atoms with Gasteiger partial charge in [-0.25, -0.2) is 12.7 Å². The number of benzene rings is 1. The van der Waals surface area contributed by atoms with Crippen LogP contribution in [0, 0.1) is 0 Å². The molecule has 0 aromatic heterocycles. The van der Waals surface area contributed by atoms with Crippen LogP contribution in [-0.4, -0.2) is 40.0 Å². The van der Waals surface area contributed by atoms with Crippen molar-refractivity contribution in [1.82, 2.24) is 4.31 Å². The zero-order chi connectivity index (χ0) is 16.7. The number of hydrogen-bond donors (Lipinski definition) is 0. The lowest BCUT2D eigenvalue weighted by atomic mass is 10.2. The molecule has 1 aromatic rings. The van der Waals surface area contributed by atoms with Crippen LogP contribution in [0.5, 0.6) is 11.5 Å². The van der Waals surface area contributed by atoms with E-state index in [0.29, 0.717) is 24.7 Å². The molecule has 0 amide bonds. The van der Waals surface area contributed by atoms with Crippen LogP contribution in [0.4, 0.5) is 0 Å². The summed E-state index contributed by atoms with van der Waals surface area (Å²) in [6.45, 7) is 0.978. The van der Waals surface area contributed by atoms with Crippen molar-refractivity contribution in [2.45, 2.75) is 37.0 Å². The third-order valence-corrected chi connectivity index (χ3v) is 5.77. The smallest absolute Gasteiger partial charge is 0.246 e. The molecule has 0 atom stereocenters. The van der Waals surface area contributed by atoms with E-state index in [9.17, 15) is 8.42 Å². The number of rotatable bonds is 1. The minimum atomic E-state index is -3.56. The molecule has 0 saturated heterocycles. The summed E-state index contributed by atoms with van der Waals surface area (Å²) in [4.78, 5) is 0.202. The first-order valence-corrected chi connectivity index (χ1v) is 9.42. The summed E-state index contributed by atoms with van der Waals surface area (Å²) in [6, 6.07) is 4.85. The average molecular weight is 339 g/mol. The Hall–Kier alpha value is -1.53. The van der Waals surface area contributed by atoms with Gasteiger partial charge in [-0.15, -0.1) is 0 Å². The lowest BCUT2D eigenvalue weighted by molar-refractivity contribution is 0.300. The SMILES string of the molecule is COc1ccc2c(c1)OCCC/C=C/CCCCN(C)S2(=O)=O. The third kappa shape index (κ3) is 4.72. The van der Waals surface area contributed by atoms with Crippen LogP contribution in [0.1, 0.15) is 32.1 Å². The Kier molecular flexibility index (Phi) is 6.47. The molecule has 0 N–H and O–H groups in total. The van der Waals surface area contributed by atoms with Crippen molar-refractivity contribution >= 4 is 10.0 Å². The van der Waals surface area contributed by atoms with Gasteiger partial charge in [0.05, 0.1) is 13.7 Å². The Bertz CT molecular complexity index is 640. The molecular formula is C17H25NO4S. The molecule has 23 heavy (non-hydrogen) atoms. The van der Waals surface area contributed by atoms with Crippen LogP contribution >= 0.6 is 0 Å². The van der Waals surface area contributed by atoms with E-state index in [1.54, 1.807) is 32.4 Å². The van der Waals surface area contributed by atoms with Crippen molar-refractivity contribution < 1.29 is 17.9 Å². The molecule has 5 nitrogen and oxygen atoms in total. The average Bonchev–Trinajstić information content (AvgIpc) is 2.55. The van der Waals surface area contributed by atoms with Gasteiger partial charge in [0.2, 0.25) is 10.0 Å². The number of methoxy groups -OCH3 is 1. The molecule has 0 unspecified atom stereocenters. The van der Waals surface area contributed by atoms with E-state index < -0.39 is 10.0 Å². The lowest BCUT2D eigenvalue weighted by Crippen LogP contribution is -2.28. The quantitative estimate of drug-likeness (QED) is 0.737. The summed E-state index contributed by atoms with van der Waals surface area (Å²) >= 11 is 0. The van der Waals surface area contributed by atoms with Crippen LogP contribution in [0.15, 0.2) is 35.2 Å².